The van der Waals surface area contributed by atoms with Crippen molar-refractivity contribution in [3.8, 4) is 0 Å². The summed E-state index contributed by atoms with van der Waals surface area (Å²) < 4.78 is 11.1. The highest BCUT2D eigenvalue weighted by Crippen LogP contribution is 2.41. The summed E-state index contributed by atoms with van der Waals surface area (Å²) in [7, 11) is 0. The van der Waals surface area contributed by atoms with Crippen LogP contribution < -0.4 is 0 Å². The lowest BCUT2D eigenvalue weighted by Gasteiger charge is -2.28. The maximum Gasteiger partial charge on any atom is 0.290 e. The number of hydrogen-bond acceptors (Lipinski definition) is 5. The Balaban J connectivity index is 1.99. The van der Waals surface area contributed by atoms with Crippen LogP contribution >= 0.6 is 0 Å². The second-order valence-corrected chi connectivity index (χ2v) is 7.35. The minimum Gasteiger partial charge on any atom is -0.503 e. The van der Waals surface area contributed by atoms with Crippen LogP contribution in [-0.4, -0.2) is 41.0 Å². The van der Waals surface area contributed by atoms with Gasteiger partial charge in [0.05, 0.1) is 17.9 Å². The average molecular weight is 333 g/mol. The number of amides is 1. The van der Waals surface area contributed by atoms with Crippen molar-refractivity contribution in [2.45, 2.75) is 45.8 Å². The second kappa shape index (κ2) is 6.09. The number of aliphatic hydroxyl groups is 1. The number of aliphatic hydroxyl groups excluding tert-OH is 1. The largest absolute Gasteiger partial charge is 0.503 e. The Morgan fingerprint density at radius 1 is 1.42 bits per heavy atom. The minimum atomic E-state index is -0.714. The molecule has 1 aromatic heterocycles. The van der Waals surface area contributed by atoms with Crippen molar-refractivity contribution in [1.29, 1.82) is 0 Å². The molecule has 0 radical (unpaired) electrons. The molecule has 6 nitrogen and oxygen atoms in total. The van der Waals surface area contributed by atoms with Crippen molar-refractivity contribution in [1.82, 2.24) is 4.90 Å². The first-order valence-corrected chi connectivity index (χ1v) is 8.24. The lowest BCUT2D eigenvalue weighted by Crippen LogP contribution is -2.37. The molecule has 1 fully saturated rings. The highest BCUT2D eigenvalue weighted by atomic mass is 16.5. The van der Waals surface area contributed by atoms with E-state index in [1.165, 1.54) is 11.2 Å². The first-order chi connectivity index (χ1) is 11.3. The molecule has 0 aliphatic carbocycles. The van der Waals surface area contributed by atoms with E-state index in [2.05, 4.69) is 0 Å². The predicted octanol–water partition coefficient (Wildman–Crippen LogP) is 2.77. The van der Waals surface area contributed by atoms with Gasteiger partial charge in [0.1, 0.15) is 11.8 Å². The summed E-state index contributed by atoms with van der Waals surface area (Å²) in [4.78, 5) is 26.9. The maximum absolute atomic E-state index is 12.8. The van der Waals surface area contributed by atoms with Crippen molar-refractivity contribution in [3.63, 3.8) is 0 Å². The number of ether oxygens (including phenoxy) is 1. The number of Topliss-reactive ketones (excluding diaryl/α,β-unsaturated/α-hetero) is 1. The number of hydrogen-bond donors (Lipinski definition) is 1. The van der Waals surface area contributed by atoms with Crippen molar-refractivity contribution < 1.29 is 23.8 Å². The summed E-state index contributed by atoms with van der Waals surface area (Å²) in [6.07, 6.45) is 3.23. The third-order valence-electron chi connectivity index (χ3n) is 4.47. The fraction of sp³-hybridized carbons (Fsp3) is 0.556. The van der Waals surface area contributed by atoms with Crippen molar-refractivity contribution in [2.24, 2.45) is 5.41 Å². The highest BCUT2D eigenvalue weighted by Gasteiger charge is 2.47. The van der Waals surface area contributed by atoms with Crippen LogP contribution in [0.5, 0.6) is 0 Å². The molecule has 0 aromatic carbocycles. The van der Waals surface area contributed by atoms with Gasteiger partial charge in [0, 0.05) is 18.6 Å². The van der Waals surface area contributed by atoms with Gasteiger partial charge in [0.2, 0.25) is 0 Å². The number of rotatable bonds is 4. The molecule has 24 heavy (non-hydrogen) atoms. The molecule has 0 saturated carbocycles. The quantitative estimate of drug-likeness (QED) is 0.916. The van der Waals surface area contributed by atoms with E-state index >= 15 is 0 Å². The van der Waals surface area contributed by atoms with Crippen molar-refractivity contribution in [3.05, 3.63) is 35.5 Å². The number of nitrogens with zero attached hydrogens (tertiary/aromatic N) is 1. The van der Waals surface area contributed by atoms with Crippen LogP contribution in [0.4, 0.5) is 0 Å². The second-order valence-electron chi connectivity index (χ2n) is 7.35. The van der Waals surface area contributed by atoms with Crippen LogP contribution in [0, 0.1) is 5.41 Å². The minimum absolute atomic E-state index is 0.0803. The summed E-state index contributed by atoms with van der Waals surface area (Å²) >= 11 is 0. The topological polar surface area (TPSA) is 80.0 Å². The molecular weight excluding hydrogens is 310 g/mol. The van der Waals surface area contributed by atoms with Crippen LogP contribution in [0.1, 0.15) is 45.4 Å². The van der Waals surface area contributed by atoms with E-state index in [-0.39, 0.29) is 17.5 Å². The third-order valence-corrected chi connectivity index (χ3v) is 4.47. The Hall–Kier alpha value is -2.08. The molecule has 1 N–H and O–H groups in total. The molecule has 2 aliphatic heterocycles. The van der Waals surface area contributed by atoms with Crippen LogP contribution in [0.25, 0.3) is 0 Å². The number of carbonyl (C=O) groups is 2. The maximum atomic E-state index is 12.8. The summed E-state index contributed by atoms with van der Waals surface area (Å²) in [5, 5.41) is 10.4. The number of furan rings is 1. The van der Waals surface area contributed by atoms with Gasteiger partial charge in [-0.15, -0.1) is 0 Å². The van der Waals surface area contributed by atoms with Gasteiger partial charge < -0.3 is 19.2 Å². The van der Waals surface area contributed by atoms with Crippen molar-refractivity contribution >= 4 is 11.7 Å². The smallest absolute Gasteiger partial charge is 0.290 e. The van der Waals surface area contributed by atoms with Crippen LogP contribution in [0.3, 0.4) is 0 Å². The Morgan fingerprint density at radius 2 is 2.17 bits per heavy atom. The number of ketones is 1. The van der Waals surface area contributed by atoms with Gasteiger partial charge in [-0.3, -0.25) is 9.59 Å². The van der Waals surface area contributed by atoms with Crippen LogP contribution in [-0.2, 0) is 14.3 Å². The molecule has 3 heterocycles. The average Bonchev–Trinajstić information content (AvgIpc) is 3.23. The zero-order valence-electron chi connectivity index (χ0n) is 14.2. The lowest BCUT2D eigenvalue weighted by molar-refractivity contribution is -0.131. The SMILES string of the molecule is CC(C)(C)C(=O)C1=C(O)C(=O)N(CC2CCCO2)C1c1ccco1. The summed E-state index contributed by atoms with van der Waals surface area (Å²) in [5.41, 5.74) is -0.602. The predicted molar refractivity (Wildman–Crippen MR) is 86.3 cm³/mol. The molecule has 1 amide bonds. The van der Waals surface area contributed by atoms with Gasteiger partial charge in [-0.25, -0.2) is 0 Å². The molecule has 2 atom stereocenters. The molecule has 130 valence electrons. The van der Waals surface area contributed by atoms with Gasteiger partial charge in [-0.05, 0) is 25.0 Å². The lowest BCUT2D eigenvalue weighted by atomic mass is 9.83. The fourth-order valence-electron chi connectivity index (χ4n) is 3.23. The normalized spacial score (nSPS) is 25.0. The molecule has 1 aromatic rings. The van der Waals surface area contributed by atoms with Crippen molar-refractivity contribution in [2.75, 3.05) is 13.2 Å². The first kappa shape index (κ1) is 16.8. The molecule has 0 bridgehead atoms. The van der Waals surface area contributed by atoms with Gasteiger partial charge in [-0.1, -0.05) is 20.8 Å². The molecule has 1 saturated heterocycles. The summed E-state index contributed by atoms with van der Waals surface area (Å²) in [5.74, 6) is -0.809. The molecular formula is C18H23NO5. The van der Waals surface area contributed by atoms with E-state index in [0.29, 0.717) is 18.9 Å². The van der Waals surface area contributed by atoms with E-state index < -0.39 is 23.1 Å². The Kier molecular flexibility index (Phi) is 4.25. The zero-order valence-corrected chi connectivity index (χ0v) is 14.2. The molecule has 2 aliphatic rings. The fourth-order valence-corrected chi connectivity index (χ4v) is 3.23. The molecule has 6 heteroatoms. The molecule has 0 spiro atoms. The van der Waals surface area contributed by atoms with Gasteiger partial charge >= 0.3 is 0 Å². The van der Waals surface area contributed by atoms with Crippen LogP contribution in [0.15, 0.2) is 34.1 Å². The summed E-state index contributed by atoms with van der Waals surface area (Å²) in [6.45, 7) is 6.30. The van der Waals surface area contributed by atoms with E-state index in [1.807, 2.05) is 0 Å². The third kappa shape index (κ3) is 2.86. The summed E-state index contributed by atoms with van der Waals surface area (Å²) in [6, 6.07) is 2.72. The van der Waals surface area contributed by atoms with Gasteiger partial charge in [0.15, 0.2) is 11.5 Å². The number of carbonyl (C=O) groups excluding carboxylic acids is 2. The Morgan fingerprint density at radius 3 is 2.71 bits per heavy atom. The highest BCUT2D eigenvalue weighted by molar-refractivity contribution is 6.10. The van der Waals surface area contributed by atoms with Crippen LogP contribution in [0.2, 0.25) is 0 Å². The molecule has 3 rings (SSSR count). The standard InChI is InChI=1S/C18H23NO5/c1-18(2,3)16(21)13-14(12-7-5-9-24-12)19(17(22)15(13)20)10-11-6-4-8-23-11/h5,7,9,11,14,20H,4,6,8,10H2,1-3H3. The zero-order chi connectivity index (χ0) is 17.5. The van der Waals surface area contributed by atoms with E-state index in [4.69, 9.17) is 9.15 Å². The van der Waals surface area contributed by atoms with E-state index in [0.717, 1.165) is 12.8 Å². The van der Waals surface area contributed by atoms with E-state index in [1.54, 1.807) is 32.9 Å². The van der Waals surface area contributed by atoms with Gasteiger partial charge in [-0.2, -0.15) is 0 Å². The van der Waals surface area contributed by atoms with Gasteiger partial charge in [0.25, 0.3) is 5.91 Å². The Bertz CT molecular complexity index is 662. The first-order valence-electron chi connectivity index (χ1n) is 8.24. The Labute approximate surface area is 141 Å². The van der Waals surface area contributed by atoms with E-state index in [9.17, 15) is 14.7 Å². The monoisotopic (exact) mass is 333 g/mol. The molecule has 2 unspecified atom stereocenters.